The second-order valence-electron chi connectivity index (χ2n) is 7.58. The largest absolute Gasteiger partial charge is 0.497 e. The number of ether oxygens (including phenoxy) is 5. The summed E-state index contributed by atoms with van der Waals surface area (Å²) in [6, 6.07) is 15.2. The average Bonchev–Trinajstić information content (AvgIpc) is 2.89. The van der Waals surface area contributed by atoms with E-state index in [2.05, 4.69) is 0 Å². The number of carbonyl (C=O) groups is 1. The first-order valence-electron chi connectivity index (χ1n) is 10.6. The highest BCUT2D eigenvalue weighted by molar-refractivity contribution is 5.97. The van der Waals surface area contributed by atoms with Crippen molar-refractivity contribution in [1.29, 1.82) is 0 Å². The average molecular weight is 476 g/mol. The number of carbonyl (C=O) groups excluding carboxylic acids is 1. The molecule has 0 atom stereocenters. The van der Waals surface area contributed by atoms with Gasteiger partial charge in [0.25, 0.3) is 0 Å². The van der Waals surface area contributed by atoms with Crippen LogP contribution in [0.25, 0.3) is 22.1 Å². The lowest BCUT2D eigenvalue weighted by Crippen LogP contribution is -2.11. The monoisotopic (exact) mass is 476 g/mol. The van der Waals surface area contributed by atoms with Gasteiger partial charge >= 0.3 is 11.6 Å². The number of esters is 1. The minimum Gasteiger partial charge on any atom is -0.497 e. The molecular formula is C27H24O8. The number of rotatable bonds is 7. The summed E-state index contributed by atoms with van der Waals surface area (Å²) in [7, 11) is 5.99. The van der Waals surface area contributed by atoms with Gasteiger partial charge in [-0.2, -0.15) is 0 Å². The molecule has 1 heterocycles. The lowest BCUT2D eigenvalue weighted by molar-refractivity contribution is 0.0732. The van der Waals surface area contributed by atoms with Gasteiger partial charge in [0.05, 0.1) is 34.0 Å². The maximum Gasteiger partial charge on any atom is 0.343 e. The van der Waals surface area contributed by atoms with Crippen LogP contribution in [0.3, 0.4) is 0 Å². The second-order valence-corrected chi connectivity index (χ2v) is 7.58. The number of fused-ring (bicyclic) bond motifs is 1. The van der Waals surface area contributed by atoms with E-state index in [-0.39, 0.29) is 11.3 Å². The molecule has 0 aliphatic heterocycles. The van der Waals surface area contributed by atoms with Gasteiger partial charge in [-0.15, -0.1) is 0 Å². The Labute approximate surface area is 201 Å². The Morgan fingerprint density at radius 3 is 2.00 bits per heavy atom. The van der Waals surface area contributed by atoms with Gasteiger partial charge in [0, 0.05) is 17.0 Å². The standard InChI is InChI=1S/C27H24O8/c1-15-21(34-27(29)17-12-22(31-3)26(33-5)23(13-17)32-4)11-10-19-20(14-24(28)35-25(15)19)16-6-8-18(30-2)9-7-16/h6-14H,1-5H3. The van der Waals surface area contributed by atoms with Crippen LogP contribution in [0.2, 0.25) is 0 Å². The van der Waals surface area contributed by atoms with E-state index in [0.717, 1.165) is 5.56 Å². The Balaban J connectivity index is 1.74. The molecule has 0 aliphatic rings. The number of benzene rings is 3. The summed E-state index contributed by atoms with van der Waals surface area (Å²) in [4.78, 5) is 25.3. The molecule has 1 aromatic heterocycles. The Kier molecular flexibility index (Phi) is 6.64. The summed E-state index contributed by atoms with van der Waals surface area (Å²) < 4.78 is 32.3. The molecule has 180 valence electrons. The molecule has 4 rings (SSSR count). The van der Waals surface area contributed by atoms with Crippen LogP contribution in [0, 0.1) is 6.92 Å². The summed E-state index contributed by atoms with van der Waals surface area (Å²) >= 11 is 0. The van der Waals surface area contributed by atoms with E-state index in [0.29, 0.717) is 45.1 Å². The van der Waals surface area contributed by atoms with Gasteiger partial charge in [-0.1, -0.05) is 12.1 Å². The molecule has 0 aliphatic carbocycles. The van der Waals surface area contributed by atoms with Gasteiger partial charge in [0.15, 0.2) is 11.5 Å². The molecule has 0 unspecified atom stereocenters. The summed E-state index contributed by atoms with van der Waals surface area (Å²) in [6.07, 6.45) is 0. The first-order valence-corrected chi connectivity index (χ1v) is 10.6. The fourth-order valence-electron chi connectivity index (χ4n) is 3.82. The normalized spacial score (nSPS) is 10.7. The van der Waals surface area contributed by atoms with E-state index in [1.807, 2.05) is 24.3 Å². The van der Waals surface area contributed by atoms with E-state index in [4.69, 9.17) is 28.1 Å². The third kappa shape index (κ3) is 4.50. The van der Waals surface area contributed by atoms with Gasteiger partial charge in [-0.3, -0.25) is 0 Å². The van der Waals surface area contributed by atoms with E-state index in [1.165, 1.54) is 39.5 Å². The van der Waals surface area contributed by atoms with Gasteiger partial charge in [-0.25, -0.2) is 9.59 Å². The Morgan fingerprint density at radius 1 is 0.771 bits per heavy atom. The molecule has 8 heteroatoms. The van der Waals surface area contributed by atoms with Crippen LogP contribution in [-0.2, 0) is 0 Å². The molecule has 0 N–H and O–H groups in total. The molecule has 4 aromatic rings. The molecule has 0 fully saturated rings. The van der Waals surface area contributed by atoms with Crippen molar-refractivity contribution in [3.63, 3.8) is 0 Å². The van der Waals surface area contributed by atoms with Crippen molar-refractivity contribution in [3.05, 3.63) is 76.1 Å². The highest BCUT2D eigenvalue weighted by Gasteiger charge is 2.20. The quantitative estimate of drug-likeness (QED) is 0.209. The summed E-state index contributed by atoms with van der Waals surface area (Å²) in [5, 5.41) is 0.708. The molecule has 8 nitrogen and oxygen atoms in total. The van der Waals surface area contributed by atoms with Gasteiger partial charge in [-0.05, 0) is 54.4 Å². The minimum atomic E-state index is -0.639. The zero-order valence-electron chi connectivity index (χ0n) is 20.0. The van der Waals surface area contributed by atoms with Gasteiger partial charge in [0.1, 0.15) is 17.1 Å². The Bertz CT molecular complexity index is 1430. The maximum absolute atomic E-state index is 13.0. The van der Waals surface area contributed by atoms with Crippen molar-refractivity contribution in [1.82, 2.24) is 0 Å². The number of hydrogen-bond acceptors (Lipinski definition) is 8. The molecule has 0 bridgehead atoms. The third-order valence-corrected chi connectivity index (χ3v) is 5.62. The topological polar surface area (TPSA) is 93.4 Å². The van der Waals surface area contributed by atoms with Crippen LogP contribution in [0.15, 0.2) is 63.8 Å². The molecule has 0 radical (unpaired) electrons. The van der Waals surface area contributed by atoms with E-state index < -0.39 is 11.6 Å². The van der Waals surface area contributed by atoms with Crippen molar-refractivity contribution in [2.75, 3.05) is 28.4 Å². The molecule has 3 aromatic carbocycles. The summed E-state index contributed by atoms with van der Waals surface area (Å²) in [5.74, 6) is 1.33. The van der Waals surface area contributed by atoms with Gasteiger partial charge in [0.2, 0.25) is 5.75 Å². The van der Waals surface area contributed by atoms with Crippen molar-refractivity contribution >= 4 is 16.9 Å². The third-order valence-electron chi connectivity index (χ3n) is 5.62. The van der Waals surface area contributed by atoms with Crippen molar-refractivity contribution in [2.45, 2.75) is 6.92 Å². The molecule has 0 amide bonds. The summed E-state index contributed by atoms with van der Waals surface area (Å²) in [6.45, 7) is 1.72. The van der Waals surface area contributed by atoms with Crippen LogP contribution in [-0.4, -0.2) is 34.4 Å². The highest BCUT2D eigenvalue weighted by atomic mass is 16.5. The van der Waals surface area contributed by atoms with Crippen molar-refractivity contribution in [3.8, 4) is 39.9 Å². The van der Waals surface area contributed by atoms with Crippen molar-refractivity contribution in [2.24, 2.45) is 0 Å². The highest BCUT2D eigenvalue weighted by Crippen LogP contribution is 2.39. The number of hydrogen-bond donors (Lipinski definition) is 0. The molecular weight excluding hydrogens is 452 g/mol. The molecule has 35 heavy (non-hydrogen) atoms. The zero-order chi connectivity index (χ0) is 25.1. The number of aryl methyl sites for hydroxylation is 1. The fraction of sp³-hybridized carbons (Fsp3) is 0.185. The lowest BCUT2D eigenvalue weighted by atomic mass is 10.00. The van der Waals surface area contributed by atoms with Gasteiger partial charge < -0.3 is 28.1 Å². The van der Waals surface area contributed by atoms with Crippen LogP contribution < -0.4 is 29.3 Å². The van der Waals surface area contributed by atoms with E-state index in [1.54, 1.807) is 26.2 Å². The zero-order valence-corrected chi connectivity index (χ0v) is 20.0. The first kappa shape index (κ1) is 23.7. The Hall–Kier alpha value is -4.46. The first-order chi connectivity index (χ1) is 16.9. The second kappa shape index (κ2) is 9.80. The lowest BCUT2D eigenvalue weighted by Gasteiger charge is -2.15. The molecule has 0 saturated carbocycles. The van der Waals surface area contributed by atoms with Crippen molar-refractivity contribution < 1.29 is 32.9 Å². The van der Waals surface area contributed by atoms with Crippen LogP contribution in [0.4, 0.5) is 0 Å². The maximum atomic E-state index is 13.0. The van der Waals surface area contributed by atoms with Crippen LogP contribution in [0.5, 0.6) is 28.7 Å². The summed E-state index contributed by atoms with van der Waals surface area (Å²) in [5.41, 5.74) is 2.05. The van der Waals surface area contributed by atoms with E-state index in [9.17, 15) is 9.59 Å². The van der Waals surface area contributed by atoms with E-state index >= 15 is 0 Å². The predicted molar refractivity (Wildman–Crippen MR) is 130 cm³/mol. The van der Waals surface area contributed by atoms with Crippen LogP contribution in [0.1, 0.15) is 15.9 Å². The fourth-order valence-corrected chi connectivity index (χ4v) is 3.82. The van der Waals surface area contributed by atoms with Crippen LogP contribution >= 0.6 is 0 Å². The SMILES string of the molecule is COc1ccc(-c2cc(=O)oc3c(C)c(OC(=O)c4cc(OC)c(OC)c(OC)c4)ccc23)cc1. The molecule has 0 spiro atoms. The minimum absolute atomic E-state index is 0.201. The molecule has 0 saturated heterocycles. The Morgan fingerprint density at radius 2 is 1.43 bits per heavy atom. The smallest absolute Gasteiger partial charge is 0.343 e. The number of methoxy groups -OCH3 is 4. The predicted octanol–water partition coefficient (Wildman–Crippen LogP) is 5.02.